The van der Waals surface area contributed by atoms with Crippen LogP contribution in [0.3, 0.4) is 0 Å². The van der Waals surface area contributed by atoms with Gasteiger partial charge >= 0.3 is 0 Å². The van der Waals surface area contributed by atoms with Crippen LogP contribution in [0.2, 0.25) is 0 Å². The van der Waals surface area contributed by atoms with Crippen molar-refractivity contribution in [3.8, 4) is 0 Å². The second kappa shape index (κ2) is 7.48. The number of carbonyl (C=O) groups excluding carboxylic acids is 1. The van der Waals surface area contributed by atoms with Crippen molar-refractivity contribution >= 4 is 5.91 Å². The van der Waals surface area contributed by atoms with Gasteiger partial charge < -0.3 is 10.2 Å². The Morgan fingerprint density at radius 1 is 1.39 bits per heavy atom. The fourth-order valence-electron chi connectivity index (χ4n) is 4.14. The van der Waals surface area contributed by atoms with Crippen molar-refractivity contribution in [3.05, 3.63) is 35.5 Å². The normalized spacial score (nSPS) is 26.9. The first kappa shape index (κ1) is 16.5. The number of nitrogens with one attached hydrogen (secondary N) is 1. The van der Waals surface area contributed by atoms with Crippen molar-refractivity contribution in [3.63, 3.8) is 0 Å². The maximum Gasteiger partial charge on any atom is 0.251 e. The van der Waals surface area contributed by atoms with Crippen LogP contribution < -0.4 is 5.32 Å². The SMILES string of the molecule is CCCCC(CC)CNCC1=CC2=CC=CC3CCN(C1=O)C23. The van der Waals surface area contributed by atoms with Crippen LogP contribution in [-0.4, -0.2) is 36.5 Å². The average molecular weight is 314 g/mol. The maximum atomic E-state index is 12.7. The molecule has 1 N–H and O–H groups in total. The summed E-state index contributed by atoms with van der Waals surface area (Å²) in [5.41, 5.74) is 2.26. The molecule has 3 heteroatoms. The van der Waals surface area contributed by atoms with Gasteiger partial charge in [-0.2, -0.15) is 0 Å². The molecule has 2 heterocycles. The van der Waals surface area contributed by atoms with E-state index in [-0.39, 0.29) is 5.91 Å². The van der Waals surface area contributed by atoms with E-state index in [2.05, 4.69) is 48.4 Å². The van der Waals surface area contributed by atoms with Crippen LogP contribution in [0.15, 0.2) is 35.5 Å². The Bertz CT molecular complexity index is 532. The summed E-state index contributed by atoms with van der Waals surface area (Å²) < 4.78 is 0. The lowest BCUT2D eigenvalue weighted by molar-refractivity contribution is -0.128. The summed E-state index contributed by atoms with van der Waals surface area (Å²) in [6.07, 6.45) is 14.9. The summed E-state index contributed by atoms with van der Waals surface area (Å²) in [6.45, 7) is 7.14. The van der Waals surface area contributed by atoms with Crippen molar-refractivity contribution in [2.45, 2.75) is 52.0 Å². The van der Waals surface area contributed by atoms with Crippen molar-refractivity contribution in [2.24, 2.45) is 11.8 Å². The molecule has 2 aliphatic heterocycles. The predicted octanol–water partition coefficient (Wildman–Crippen LogP) is 3.45. The molecule has 3 unspecified atom stereocenters. The Balaban J connectivity index is 1.59. The number of rotatable bonds is 8. The lowest BCUT2D eigenvalue weighted by Gasteiger charge is -2.35. The standard InChI is InChI=1S/C20H30N2O/c1-3-5-7-15(4-2)13-21-14-18-12-17-9-6-8-16-10-11-22(19(16)17)20(18)23/h6,8-9,12,15-16,19,21H,3-5,7,10-11,13-14H2,1-2H3. The highest BCUT2D eigenvalue weighted by Gasteiger charge is 2.41. The molecule has 1 fully saturated rings. The van der Waals surface area contributed by atoms with E-state index in [0.29, 0.717) is 18.5 Å². The van der Waals surface area contributed by atoms with E-state index in [9.17, 15) is 4.79 Å². The zero-order valence-corrected chi connectivity index (χ0v) is 14.6. The van der Waals surface area contributed by atoms with Gasteiger partial charge in [-0.05, 0) is 37.0 Å². The average Bonchev–Trinajstić information content (AvgIpc) is 3.01. The van der Waals surface area contributed by atoms with E-state index < -0.39 is 0 Å². The molecule has 0 aromatic heterocycles. The minimum atomic E-state index is 0.249. The Morgan fingerprint density at radius 3 is 3.04 bits per heavy atom. The van der Waals surface area contributed by atoms with E-state index in [1.54, 1.807) is 0 Å². The topological polar surface area (TPSA) is 32.3 Å². The van der Waals surface area contributed by atoms with Crippen LogP contribution >= 0.6 is 0 Å². The van der Waals surface area contributed by atoms with Gasteiger partial charge in [-0.3, -0.25) is 4.79 Å². The number of nitrogens with zero attached hydrogens (tertiary/aromatic N) is 1. The molecule has 1 aliphatic carbocycles. The summed E-state index contributed by atoms with van der Waals surface area (Å²) in [5, 5.41) is 3.54. The zero-order chi connectivity index (χ0) is 16.2. The molecule has 3 atom stereocenters. The van der Waals surface area contributed by atoms with E-state index in [0.717, 1.165) is 31.0 Å². The van der Waals surface area contributed by atoms with Gasteiger partial charge in [-0.1, -0.05) is 51.3 Å². The molecule has 23 heavy (non-hydrogen) atoms. The minimum Gasteiger partial charge on any atom is -0.331 e. The van der Waals surface area contributed by atoms with Gasteiger partial charge in [0.05, 0.1) is 6.04 Å². The first-order chi connectivity index (χ1) is 11.2. The first-order valence-electron chi connectivity index (χ1n) is 9.35. The molecule has 0 saturated carbocycles. The van der Waals surface area contributed by atoms with Crippen molar-refractivity contribution in [1.29, 1.82) is 0 Å². The Kier molecular flexibility index (Phi) is 5.37. The molecule has 0 spiro atoms. The molecular weight excluding hydrogens is 284 g/mol. The van der Waals surface area contributed by atoms with Gasteiger partial charge in [0.2, 0.25) is 0 Å². The highest BCUT2D eigenvalue weighted by molar-refractivity contribution is 5.97. The molecule has 0 radical (unpaired) electrons. The third-order valence-electron chi connectivity index (χ3n) is 5.60. The molecule has 3 rings (SSSR count). The molecule has 1 amide bonds. The summed E-state index contributed by atoms with van der Waals surface area (Å²) >= 11 is 0. The highest BCUT2D eigenvalue weighted by atomic mass is 16.2. The van der Waals surface area contributed by atoms with Crippen LogP contribution in [0.5, 0.6) is 0 Å². The second-order valence-corrected chi connectivity index (χ2v) is 7.16. The molecule has 1 saturated heterocycles. The molecule has 0 bridgehead atoms. The first-order valence-corrected chi connectivity index (χ1v) is 9.35. The number of hydrogen-bond acceptors (Lipinski definition) is 2. The largest absolute Gasteiger partial charge is 0.331 e. The number of amides is 1. The summed E-state index contributed by atoms with van der Waals surface area (Å²) in [6, 6.07) is 0.309. The van der Waals surface area contributed by atoms with Gasteiger partial charge in [0.25, 0.3) is 5.91 Å². The lowest BCUT2D eigenvalue weighted by Crippen LogP contribution is -2.45. The summed E-state index contributed by atoms with van der Waals surface area (Å²) in [7, 11) is 0. The Labute approximate surface area is 140 Å². The van der Waals surface area contributed by atoms with Gasteiger partial charge in [-0.25, -0.2) is 0 Å². The Morgan fingerprint density at radius 2 is 2.26 bits per heavy atom. The van der Waals surface area contributed by atoms with Gasteiger partial charge in [-0.15, -0.1) is 0 Å². The second-order valence-electron chi connectivity index (χ2n) is 7.16. The smallest absolute Gasteiger partial charge is 0.251 e. The fourth-order valence-corrected chi connectivity index (χ4v) is 4.14. The van der Waals surface area contributed by atoms with E-state index in [1.807, 2.05) is 0 Å². The quantitative estimate of drug-likeness (QED) is 0.744. The lowest BCUT2D eigenvalue weighted by atomic mass is 9.86. The van der Waals surface area contributed by atoms with Crippen LogP contribution in [-0.2, 0) is 4.79 Å². The molecule has 126 valence electrons. The van der Waals surface area contributed by atoms with Crippen molar-refractivity contribution in [2.75, 3.05) is 19.6 Å². The number of carbonyl (C=O) groups is 1. The summed E-state index contributed by atoms with van der Waals surface area (Å²) in [5.74, 6) is 1.51. The monoisotopic (exact) mass is 314 g/mol. The minimum absolute atomic E-state index is 0.249. The van der Waals surface area contributed by atoms with Crippen LogP contribution in [0, 0.1) is 11.8 Å². The van der Waals surface area contributed by atoms with Gasteiger partial charge in [0.15, 0.2) is 0 Å². The third kappa shape index (κ3) is 3.45. The zero-order valence-electron chi connectivity index (χ0n) is 14.6. The fraction of sp³-hybridized carbons (Fsp3) is 0.650. The van der Waals surface area contributed by atoms with Crippen LogP contribution in [0.1, 0.15) is 46.0 Å². The number of unbranched alkanes of at least 4 members (excludes halogenated alkanes) is 1. The van der Waals surface area contributed by atoms with Crippen LogP contribution in [0.4, 0.5) is 0 Å². The predicted molar refractivity (Wildman–Crippen MR) is 95.1 cm³/mol. The molecular formula is C20H30N2O. The molecule has 0 aromatic rings. The van der Waals surface area contributed by atoms with E-state index in [4.69, 9.17) is 0 Å². The van der Waals surface area contributed by atoms with Gasteiger partial charge in [0.1, 0.15) is 0 Å². The van der Waals surface area contributed by atoms with Crippen molar-refractivity contribution in [1.82, 2.24) is 10.2 Å². The number of allylic oxidation sites excluding steroid dienone is 2. The summed E-state index contributed by atoms with van der Waals surface area (Å²) in [4.78, 5) is 14.8. The van der Waals surface area contributed by atoms with E-state index in [1.165, 1.54) is 31.3 Å². The molecule has 3 aliphatic rings. The van der Waals surface area contributed by atoms with Gasteiger partial charge in [0, 0.05) is 24.6 Å². The Hall–Kier alpha value is -1.35. The highest BCUT2D eigenvalue weighted by Crippen LogP contribution is 2.37. The third-order valence-corrected chi connectivity index (χ3v) is 5.60. The molecule has 0 aromatic carbocycles. The van der Waals surface area contributed by atoms with E-state index >= 15 is 0 Å². The molecule has 3 nitrogen and oxygen atoms in total. The van der Waals surface area contributed by atoms with Crippen molar-refractivity contribution < 1.29 is 4.79 Å². The number of hydrogen-bond donors (Lipinski definition) is 1. The maximum absolute atomic E-state index is 12.7. The van der Waals surface area contributed by atoms with Crippen LogP contribution in [0.25, 0.3) is 0 Å².